The largest absolute Gasteiger partial charge is 0.398 e. The Labute approximate surface area is 138 Å². The van der Waals surface area contributed by atoms with E-state index in [1.807, 2.05) is 0 Å². The summed E-state index contributed by atoms with van der Waals surface area (Å²) in [4.78, 5) is 20.0. The number of benzene rings is 2. The molecular formula is C12H9N5O4S2. The predicted octanol–water partition coefficient (Wildman–Crippen LogP) is 3.07. The third kappa shape index (κ3) is 4.11. The summed E-state index contributed by atoms with van der Waals surface area (Å²) in [6.45, 7) is 0. The smallest absolute Gasteiger partial charge is 0.271 e. The van der Waals surface area contributed by atoms with Crippen LogP contribution in [0.15, 0.2) is 41.3 Å². The normalized spacial score (nSPS) is 9.96. The Hall–Kier alpha value is -2.79. The van der Waals surface area contributed by atoms with Crippen molar-refractivity contribution in [2.45, 2.75) is 4.90 Å². The minimum Gasteiger partial charge on any atom is -0.398 e. The zero-order valence-electron chi connectivity index (χ0n) is 11.3. The fourth-order valence-corrected chi connectivity index (χ4v) is 2.33. The van der Waals surface area contributed by atoms with Gasteiger partial charge < -0.3 is 5.73 Å². The maximum atomic E-state index is 10.3. The molecule has 2 N–H and O–H groups in total. The Morgan fingerprint density at radius 2 is 1.65 bits per heavy atom. The number of anilines is 1. The highest BCUT2D eigenvalue weighted by Gasteiger charge is 2.07. The molecule has 0 saturated heterocycles. The number of rotatable bonds is 2. The van der Waals surface area contributed by atoms with Gasteiger partial charge in [-0.25, -0.2) is 0 Å². The highest BCUT2D eigenvalue weighted by Crippen LogP contribution is 2.22. The third-order valence-corrected chi connectivity index (χ3v) is 3.74. The molecule has 0 unspecified atom stereocenters. The van der Waals surface area contributed by atoms with Crippen LogP contribution in [0.3, 0.4) is 0 Å². The van der Waals surface area contributed by atoms with Gasteiger partial charge in [-0.05, 0) is 23.7 Å². The van der Waals surface area contributed by atoms with Crippen LogP contribution in [0.25, 0.3) is 10.2 Å². The van der Waals surface area contributed by atoms with Crippen LogP contribution < -0.4 is 5.73 Å². The van der Waals surface area contributed by atoms with Crippen LogP contribution in [0.1, 0.15) is 0 Å². The van der Waals surface area contributed by atoms with E-state index < -0.39 is 9.85 Å². The van der Waals surface area contributed by atoms with Gasteiger partial charge in [0, 0.05) is 34.8 Å². The van der Waals surface area contributed by atoms with Crippen molar-refractivity contribution in [2.75, 3.05) is 5.73 Å². The maximum absolute atomic E-state index is 10.3. The van der Waals surface area contributed by atoms with Crippen molar-refractivity contribution >= 4 is 51.4 Å². The minimum absolute atomic E-state index is 0.00389. The molecular weight excluding hydrogens is 342 g/mol. The lowest BCUT2D eigenvalue weighted by Crippen LogP contribution is -1.90. The lowest BCUT2D eigenvalue weighted by molar-refractivity contribution is -0.385. The molecule has 3 aromatic rings. The first-order valence-electron chi connectivity index (χ1n) is 5.98. The molecule has 9 nitrogen and oxygen atoms in total. The molecule has 0 aliphatic carbocycles. The van der Waals surface area contributed by atoms with E-state index in [4.69, 9.17) is 5.73 Å². The number of fused-ring (bicyclic) bond motifs is 1. The SMILES string of the molecule is Nc1ccc([N+](=O)[O-])cc1S.O=[N+]([O-])c1ccc2nnsc2c1. The molecule has 1 heterocycles. The Morgan fingerprint density at radius 1 is 1.04 bits per heavy atom. The van der Waals surface area contributed by atoms with Crippen molar-refractivity contribution in [2.24, 2.45) is 0 Å². The second-order valence-corrected chi connectivity index (χ2v) is 5.45. The molecule has 0 bridgehead atoms. The van der Waals surface area contributed by atoms with Crippen molar-refractivity contribution in [3.8, 4) is 0 Å². The highest BCUT2D eigenvalue weighted by atomic mass is 32.1. The zero-order chi connectivity index (χ0) is 17.0. The van der Waals surface area contributed by atoms with Crippen LogP contribution in [0.4, 0.5) is 17.1 Å². The molecule has 0 radical (unpaired) electrons. The molecule has 0 amide bonds. The van der Waals surface area contributed by atoms with Gasteiger partial charge in [-0.3, -0.25) is 20.2 Å². The number of hydrogen-bond acceptors (Lipinski definition) is 9. The van der Waals surface area contributed by atoms with Crippen LogP contribution in [-0.2, 0) is 0 Å². The van der Waals surface area contributed by atoms with Crippen LogP contribution in [0.5, 0.6) is 0 Å². The number of nitro groups is 2. The van der Waals surface area contributed by atoms with Crippen LogP contribution in [0.2, 0.25) is 0 Å². The molecule has 0 saturated carbocycles. The lowest BCUT2D eigenvalue weighted by Gasteiger charge is -1.96. The first kappa shape index (κ1) is 16.6. The minimum atomic E-state index is -0.487. The predicted molar refractivity (Wildman–Crippen MR) is 88.8 cm³/mol. The molecule has 0 spiro atoms. The van der Waals surface area contributed by atoms with Gasteiger partial charge >= 0.3 is 0 Å². The number of thiol groups is 1. The van der Waals surface area contributed by atoms with Crippen LogP contribution in [-0.4, -0.2) is 19.4 Å². The number of nitrogens with two attached hydrogens (primary N) is 1. The van der Waals surface area contributed by atoms with Crippen molar-refractivity contribution in [1.29, 1.82) is 0 Å². The monoisotopic (exact) mass is 351 g/mol. The average Bonchev–Trinajstić information content (AvgIpc) is 2.97. The van der Waals surface area contributed by atoms with Gasteiger partial charge in [-0.2, -0.15) is 0 Å². The summed E-state index contributed by atoms with van der Waals surface area (Å²) in [7, 11) is 0. The Bertz CT molecular complexity index is 883. The number of hydrogen-bond donors (Lipinski definition) is 2. The summed E-state index contributed by atoms with van der Waals surface area (Å²) in [5.41, 5.74) is 6.61. The van der Waals surface area contributed by atoms with Crippen LogP contribution >= 0.6 is 24.2 Å². The molecule has 0 aliphatic heterocycles. The molecule has 118 valence electrons. The van der Waals surface area contributed by atoms with Gasteiger partial charge in [0.2, 0.25) is 0 Å². The number of nitrogens with zero attached hydrogens (tertiary/aromatic N) is 4. The lowest BCUT2D eigenvalue weighted by atomic mass is 10.3. The van der Waals surface area contributed by atoms with Crippen molar-refractivity contribution in [3.63, 3.8) is 0 Å². The van der Waals surface area contributed by atoms with Crippen LogP contribution in [0, 0.1) is 20.2 Å². The number of non-ortho nitro benzene ring substituents is 2. The molecule has 0 aliphatic rings. The molecule has 0 atom stereocenters. The quantitative estimate of drug-likeness (QED) is 0.313. The molecule has 3 rings (SSSR count). The molecule has 23 heavy (non-hydrogen) atoms. The van der Waals surface area contributed by atoms with E-state index in [-0.39, 0.29) is 11.4 Å². The third-order valence-electron chi connectivity index (χ3n) is 2.67. The van der Waals surface area contributed by atoms with E-state index in [0.29, 0.717) is 16.1 Å². The van der Waals surface area contributed by atoms with Gasteiger partial charge in [0.1, 0.15) is 5.52 Å². The molecule has 2 aromatic carbocycles. The van der Waals surface area contributed by atoms with Gasteiger partial charge in [0.25, 0.3) is 11.4 Å². The number of aromatic nitrogens is 2. The maximum Gasteiger partial charge on any atom is 0.271 e. The van der Waals surface area contributed by atoms with E-state index in [2.05, 4.69) is 22.2 Å². The van der Waals surface area contributed by atoms with E-state index in [9.17, 15) is 20.2 Å². The van der Waals surface area contributed by atoms with Gasteiger partial charge in [0.15, 0.2) is 0 Å². The number of nitrogen functional groups attached to an aromatic ring is 1. The fraction of sp³-hybridized carbons (Fsp3) is 0. The Balaban J connectivity index is 0.000000168. The zero-order valence-corrected chi connectivity index (χ0v) is 13.0. The first-order chi connectivity index (χ1) is 10.9. The standard InChI is InChI=1S/C6H3N3O2S.C6H6N2O2S/c10-9(11)4-1-2-5-6(3-4)12-8-7-5;7-5-2-1-4(8(9)10)3-6(5)11/h1-3H;1-3,11H,7H2. The summed E-state index contributed by atoms with van der Waals surface area (Å²) in [5.74, 6) is 0. The first-order valence-corrected chi connectivity index (χ1v) is 7.20. The van der Waals surface area contributed by atoms with Gasteiger partial charge in [0.05, 0.1) is 14.5 Å². The second-order valence-electron chi connectivity index (χ2n) is 4.18. The summed E-state index contributed by atoms with van der Waals surface area (Å²) in [5, 5.41) is 24.3. The number of nitro benzene ring substituents is 2. The van der Waals surface area contributed by atoms with E-state index >= 15 is 0 Å². The van der Waals surface area contributed by atoms with Crippen molar-refractivity contribution < 1.29 is 9.85 Å². The van der Waals surface area contributed by atoms with E-state index in [1.54, 1.807) is 6.07 Å². The molecule has 11 heteroatoms. The summed E-state index contributed by atoms with van der Waals surface area (Å²) >= 11 is 5.09. The summed E-state index contributed by atoms with van der Waals surface area (Å²) < 4.78 is 4.41. The molecule has 0 fully saturated rings. The van der Waals surface area contributed by atoms with Crippen molar-refractivity contribution in [1.82, 2.24) is 9.59 Å². The van der Waals surface area contributed by atoms with Gasteiger partial charge in [-0.1, -0.05) is 4.49 Å². The average molecular weight is 351 g/mol. The topological polar surface area (TPSA) is 138 Å². The Kier molecular flexibility index (Phi) is 5.03. The van der Waals surface area contributed by atoms with E-state index in [0.717, 1.165) is 16.2 Å². The second kappa shape index (κ2) is 6.98. The fourth-order valence-electron chi connectivity index (χ4n) is 1.53. The van der Waals surface area contributed by atoms with E-state index in [1.165, 1.54) is 30.3 Å². The van der Waals surface area contributed by atoms with Crippen molar-refractivity contribution in [3.05, 3.63) is 56.6 Å². The Morgan fingerprint density at radius 3 is 2.26 bits per heavy atom. The van der Waals surface area contributed by atoms with Gasteiger partial charge in [-0.15, -0.1) is 17.7 Å². The summed E-state index contributed by atoms with van der Waals surface area (Å²) in [6, 6.07) is 8.61. The highest BCUT2D eigenvalue weighted by molar-refractivity contribution is 7.80. The molecule has 1 aromatic heterocycles. The summed E-state index contributed by atoms with van der Waals surface area (Å²) in [6.07, 6.45) is 0.